The second-order valence-corrected chi connectivity index (χ2v) is 6.60. The molecule has 0 spiro atoms. The molecule has 130 valence electrons. The summed E-state index contributed by atoms with van der Waals surface area (Å²) in [4.78, 5) is 12.1. The van der Waals surface area contributed by atoms with E-state index in [0.717, 1.165) is 5.56 Å². The van der Waals surface area contributed by atoms with E-state index >= 15 is 0 Å². The normalized spacial score (nSPS) is 10.8. The number of thioether (sulfide) groups is 1. The van der Waals surface area contributed by atoms with Gasteiger partial charge in [0.1, 0.15) is 0 Å². The Balaban J connectivity index is 1.57. The number of nitrogens with zero attached hydrogens (tertiary/aromatic N) is 3. The van der Waals surface area contributed by atoms with Crippen molar-refractivity contribution in [3.63, 3.8) is 0 Å². The van der Waals surface area contributed by atoms with Crippen LogP contribution in [-0.4, -0.2) is 26.4 Å². The van der Waals surface area contributed by atoms with Crippen molar-refractivity contribution >= 4 is 29.3 Å². The van der Waals surface area contributed by atoms with Gasteiger partial charge >= 0.3 is 0 Å². The molecule has 25 heavy (non-hydrogen) atoms. The van der Waals surface area contributed by atoms with E-state index < -0.39 is 0 Å². The van der Waals surface area contributed by atoms with Crippen LogP contribution in [0.4, 0.5) is 0 Å². The first-order chi connectivity index (χ1) is 12.2. The van der Waals surface area contributed by atoms with E-state index in [2.05, 4.69) is 15.5 Å². The number of rotatable bonds is 7. The number of nitrogens with one attached hydrogen (secondary N) is 1. The van der Waals surface area contributed by atoms with Crippen LogP contribution in [0.25, 0.3) is 11.6 Å². The van der Waals surface area contributed by atoms with Crippen LogP contribution in [0.5, 0.6) is 0 Å². The fourth-order valence-corrected chi connectivity index (χ4v) is 3.34. The molecule has 8 heteroatoms. The highest BCUT2D eigenvalue weighted by Gasteiger charge is 2.16. The quantitative estimate of drug-likeness (QED) is 0.637. The second kappa shape index (κ2) is 8.22. The van der Waals surface area contributed by atoms with Crippen LogP contribution >= 0.6 is 23.4 Å². The summed E-state index contributed by atoms with van der Waals surface area (Å²) in [6.45, 7) is 3.13. The van der Waals surface area contributed by atoms with Crippen molar-refractivity contribution in [1.29, 1.82) is 0 Å². The first-order valence-electron chi connectivity index (χ1n) is 7.78. The van der Waals surface area contributed by atoms with Gasteiger partial charge in [0.05, 0.1) is 12.0 Å². The summed E-state index contributed by atoms with van der Waals surface area (Å²) in [5.74, 6) is 1.51. The summed E-state index contributed by atoms with van der Waals surface area (Å²) in [5, 5.41) is 12.5. The number of amides is 1. The third kappa shape index (κ3) is 4.43. The molecule has 0 fully saturated rings. The monoisotopic (exact) mass is 376 g/mol. The minimum Gasteiger partial charge on any atom is -0.461 e. The summed E-state index contributed by atoms with van der Waals surface area (Å²) >= 11 is 7.28. The lowest BCUT2D eigenvalue weighted by Crippen LogP contribution is -2.24. The van der Waals surface area contributed by atoms with E-state index in [1.807, 2.05) is 35.8 Å². The molecule has 1 amide bonds. The molecule has 1 aromatic carbocycles. The molecule has 0 unspecified atom stereocenters. The fraction of sp³-hybridized carbons (Fsp3) is 0.235. The van der Waals surface area contributed by atoms with E-state index in [4.69, 9.17) is 16.0 Å². The standard InChI is InChI=1S/C17H17ClN4O2S/c1-2-22-16(14-7-4-8-24-14)20-21-17(22)25-11-15(23)19-10-12-5-3-6-13(18)9-12/h3-9H,2,10-11H2,1H3,(H,19,23). The summed E-state index contributed by atoms with van der Waals surface area (Å²) in [5.41, 5.74) is 0.961. The van der Waals surface area contributed by atoms with Gasteiger partial charge in [-0.3, -0.25) is 9.36 Å². The first kappa shape index (κ1) is 17.6. The van der Waals surface area contributed by atoms with Crippen LogP contribution in [0.15, 0.2) is 52.2 Å². The van der Waals surface area contributed by atoms with E-state index in [1.54, 1.807) is 18.4 Å². The first-order valence-corrected chi connectivity index (χ1v) is 9.14. The Morgan fingerprint density at radius 1 is 1.32 bits per heavy atom. The molecule has 1 N–H and O–H groups in total. The second-order valence-electron chi connectivity index (χ2n) is 5.22. The third-order valence-corrected chi connectivity index (χ3v) is 4.69. The van der Waals surface area contributed by atoms with Crippen LogP contribution in [0.3, 0.4) is 0 Å². The van der Waals surface area contributed by atoms with Gasteiger partial charge in [0.2, 0.25) is 5.91 Å². The number of carbonyl (C=O) groups excluding carboxylic acids is 1. The van der Waals surface area contributed by atoms with Crippen molar-refractivity contribution in [2.45, 2.75) is 25.2 Å². The lowest BCUT2D eigenvalue weighted by molar-refractivity contribution is -0.118. The minimum atomic E-state index is -0.0739. The molecule has 0 aliphatic heterocycles. The highest BCUT2D eigenvalue weighted by molar-refractivity contribution is 7.99. The molecule has 0 aliphatic rings. The lowest BCUT2D eigenvalue weighted by Gasteiger charge is -2.07. The average Bonchev–Trinajstić information content (AvgIpc) is 3.27. The molecule has 3 aromatic rings. The lowest BCUT2D eigenvalue weighted by atomic mass is 10.2. The molecule has 0 saturated heterocycles. The molecule has 0 aliphatic carbocycles. The van der Waals surface area contributed by atoms with Crippen molar-refractivity contribution in [1.82, 2.24) is 20.1 Å². The maximum atomic E-state index is 12.1. The average molecular weight is 377 g/mol. The molecule has 6 nitrogen and oxygen atoms in total. The fourth-order valence-electron chi connectivity index (χ4n) is 2.30. The number of carbonyl (C=O) groups is 1. The van der Waals surface area contributed by atoms with Crippen molar-refractivity contribution in [3.05, 3.63) is 53.2 Å². The summed E-state index contributed by atoms with van der Waals surface area (Å²) < 4.78 is 7.30. The summed E-state index contributed by atoms with van der Waals surface area (Å²) in [6, 6.07) is 11.1. The molecule has 0 atom stereocenters. The van der Waals surface area contributed by atoms with Crippen molar-refractivity contribution in [2.75, 3.05) is 5.75 Å². The van der Waals surface area contributed by atoms with E-state index in [1.165, 1.54) is 11.8 Å². The number of aromatic nitrogens is 3. The van der Waals surface area contributed by atoms with Gasteiger partial charge in [0.25, 0.3) is 0 Å². The van der Waals surface area contributed by atoms with Crippen LogP contribution in [-0.2, 0) is 17.9 Å². The van der Waals surface area contributed by atoms with Crippen molar-refractivity contribution in [3.8, 4) is 11.6 Å². The van der Waals surface area contributed by atoms with Gasteiger partial charge in [-0.15, -0.1) is 10.2 Å². The van der Waals surface area contributed by atoms with Crippen LogP contribution in [0, 0.1) is 0 Å². The predicted molar refractivity (Wildman–Crippen MR) is 97.4 cm³/mol. The number of benzene rings is 1. The van der Waals surface area contributed by atoms with Crippen LogP contribution < -0.4 is 5.32 Å². The number of hydrogen-bond donors (Lipinski definition) is 1. The topological polar surface area (TPSA) is 73.0 Å². The molecule has 2 heterocycles. The molecule has 0 bridgehead atoms. The predicted octanol–water partition coefficient (Wildman–Crippen LogP) is 3.62. The molecular formula is C17H17ClN4O2S. The van der Waals surface area contributed by atoms with Crippen LogP contribution in [0.2, 0.25) is 5.02 Å². The Morgan fingerprint density at radius 2 is 2.20 bits per heavy atom. The Bertz CT molecular complexity index is 848. The largest absolute Gasteiger partial charge is 0.461 e. The SMILES string of the molecule is CCn1c(SCC(=O)NCc2cccc(Cl)c2)nnc1-c1ccco1. The Hall–Kier alpha value is -2.25. The van der Waals surface area contributed by atoms with Gasteiger partial charge < -0.3 is 9.73 Å². The number of hydrogen-bond acceptors (Lipinski definition) is 5. The van der Waals surface area contributed by atoms with Gasteiger partial charge in [-0.25, -0.2) is 0 Å². The van der Waals surface area contributed by atoms with Crippen molar-refractivity contribution < 1.29 is 9.21 Å². The number of halogens is 1. The molecule has 0 saturated carbocycles. The van der Waals surface area contributed by atoms with Crippen molar-refractivity contribution in [2.24, 2.45) is 0 Å². The summed E-state index contributed by atoms with van der Waals surface area (Å²) in [6.07, 6.45) is 1.60. The van der Waals surface area contributed by atoms with E-state index in [0.29, 0.717) is 34.9 Å². The van der Waals surface area contributed by atoms with Gasteiger partial charge in [-0.05, 0) is 36.8 Å². The smallest absolute Gasteiger partial charge is 0.230 e. The van der Waals surface area contributed by atoms with E-state index in [9.17, 15) is 4.79 Å². The molecule has 3 rings (SSSR count). The Kier molecular flexibility index (Phi) is 5.78. The number of furan rings is 1. The maximum absolute atomic E-state index is 12.1. The third-order valence-electron chi connectivity index (χ3n) is 3.49. The zero-order chi connectivity index (χ0) is 17.6. The summed E-state index contributed by atoms with van der Waals surface area (Å²) in [7, 11) is 0. The molecule has 0 radical (unpaired) electrons. The molecular weight excluding hydrogens is 360 g/mol. The van der Waals surface area contributed by atoms with Gasteiger partial charge in [-0.1, -0.05) is 35.5 Å². The van der Waals surface area contributed by atoms with Crippen LogP contribution in [0.1, 0.15) is 12.5 Å². The van der Waals surface area contributed by atoms with Gasteiger partial charge in [0.15, 0.2) is 16.7 Å². The Morgan fingerprint density at radius 3 is 2.92 bits per heavy atom. The van der Waals surface area contributed by atoms with Gasteiger partial charge in [0, 0.05) is 18.1 Å². The van der Waals surface area contributed by atoms with Gasteiger partial charge in [-0.2, -0.15) is 0 Å². The highest BCUT2D eigenvalue weighted by atomic mass is 35.5. The zero-order valence-corrected chi connectivity index (χ0v) is 15.2. The molecule has 2 aromatic heterocycles. The Labute approximate surface area is 154 Å². The maximum Gasteiger partial charge on any atom is 0.230 e. The van der Waals surface area contributed by atoms with E-state index in [-0.39, 0.29) is 11.7 Å². The highest BCUT2D eigenvalue weighted by Crippen LogP contribution is 2.24. The minimum absolute atomic E-state index is 0.0739. The zero-order valence-electron chi connectivity index (χ0n) is 13.6.